The van der Waals surface area contributed by atoms with Gasteiger partial charge in [0.1, 0.15) is 11.5 Å². The van der Waals surface area contributed by atoms with Crippen molar-refractivity contribution >= 4 is 5.97 Å². The summed E-state index contributed by atoms with van der Waals surface area (Å²) in [5, 5.41) is 9.82. The van der Waals surface area contributed by atoms with Gasteiger partial charge in [-0.25, -0.2) is 0 Å². The number of benzene rings is 1. The van der Waals surface area contributed by atoms with Gasteiger partial charge in [-0.2, -0.15) is 5.26 Å². The van der Waals surface area contributed by atoms with Crippen molar-refractivity contribution in [2.24, 2.45) is 5.41 Å². The van der Waals surface area contributed by atoms with E-state index in [0.29, 0.717) is 19.4 Å². The molecule has 0 amide bonds. The first-order valence-corrected chi connectivity index (χ1v) is 6.84. The van der Waals surface area contributed by atoms with Crippen LogP contribution in [0.5, 0.6) is 0 Å². The van der Waals surface area contributed by atoms with Crippen molar-refractivity contribution in [1.82, 2.24) is 0 Å². The molecule has 0 spiro atoms. The van der Waals surface area contributed by atoms with Crippen LogP contribution in [0.25, 0.3) is 0 Å². The van der Waals surface area contributed by atoms with Gasteiger partial charge >= 0.3 is 5.97 Å². The van der Waals surface area contributed by atoms with Crippen LogP contribution in [0.2, 0.25) is 0 Å². The van der Waals surface area contributed by atoms with E-state index in [2.05, 4.69) is 6.07 Å². The standard InChI is InChI=1S/C16H19NO3/c1-4-15(5-2,14(18)19-3)16(11-17)13-9-7-6-8-12(13)10-20-16/h6-9H,4-5,10H2,1-3H3. The molecule has 0 saturated carbocycles. The summed E-state index contributed by atoms with van der Waals surface area (Å²) >= 11 is 0. The summed E-state index contributed by atoms with van der Waals surface area (Å²) < 4.78 is 10.9. The van der Waals surface area contributed by atoms with Gasteiger partial charge in [-0.3, -0.25) is 4.79 Å². The van der Waals surface area contributed by atoms with Crippen molar-refractivity contribution in [3.8, 4) is 6.07 Å². The van der Waals surface area contributed by atoms with Crippen LogP contribution in [-0.4, -0.2) is 13.1 Å². The van der Waals surface area contributed by atoms with Crippen molar-refractivity contribution in [1.29, 1.82) is 5.26 Å². The maximum absolute atomic E-state index is 12.4. The Bertz CT molecular complexity index is 557. The van der Waals surface area contributed by atoms with Crippen LogP contribution in [0.3, 0.4) is 0 Å². The first-order valence-electron chi connectivity index (χ1n) is 6.84. The predicted octanol–water partition coefficient (Wildman–Crippen LogP) is 2.92. The molecule has 1 aliphatic heterocycles. The van der Waals surface area contributed by atoms with E-state index in [4.69, 9.17) is 9.47 Å². The number of ether oxygens (including phenoxy) is 2. The molecule has 1 aromatic rings. The van der Waals surface area contributed by atoms with Crippen LogP contribution in [0.4, 0.5) is 0 Å². The van der Waals surface area contributed by atoms with Crippen LogP contribution >= 0.6 is 0 Å². The number of esters is 1. The highest BCUT2D eigenvalue weighted by Gasteiger charge is 2.60. The molecular formula is C16H19NO3. The summed E-state index contributed by atoms with van der Waals surface area (Å²) in [5.41, 5.74) is -0.496. The van der Waals surface area contributed by atoms with Crippen molar-refractivity contribution in [2.45, 2.75) is 38.9 Å². The Morgan fingerprint density at radius 3 is 2.65 bits per heavy atom. The predicted molar refractivity (Wildman–Crippen MR) is 73.6 cm³/mol. The van der Waals surface area contributed by atoms with Crippen molar-refractivity contribution in [3.05, 3.63) is 35.4 Å². The summed E-state index contributed by atoms with van der Waals surface area (Å²) in [6.45, 7) is 4.14. The second-order valence-electron chi connectivity index (χ2n) is 5.02. The van der Waals surface area contributed by atoms with Gasteiger partial charge in [0.15, 0.2) is 5.60 Å². The second-order valence-corrected chi connectivity index (χ2v) is 5.02. The quantitative estimate of drug-likeness (QED) is 0.791. The number of rotatable bonds is 4. The van der Waals surface area contributed by atoms with Crippen molar-refractivity contribution < 1.29 is 14.3 Å². The minimum absolute atomic E-state index is 0.350. The van der Waals surface area contributed by atoms with E-state index >= 15 is 0 Å². The summed E-state index contributed by atoms with van der Waals surface area (Å²) in [7, 11) is 1.36. The van der Waals surface area contributed by atoms with Gasteiger partial charge in [-0.1, -0.05) is 38.1 Å². The molecule has 0 aromatic heterocycles. The topological polar surface area (TPSA) is 59.3 Å². The highest BCUT2D eigenvalue weighted by atomic mass is 16.5. The highest BCUT2D eigenvalue weighted by molar-refractivity contribution is 5.80. The van der Waals surface area contributed by atoms with E-state index < -0.39 is 11.0 Å². The Labute approximate surface area is 119 Å². The lowest BCUT2D eigenvalue weighted by Crippen LogP contribution is -2.50. The van der Waals surface area contributed by atoms with E-state index in [0.717, 1.165) is 11.1 Å². The molecule has 106 valence electrons. The maximum Gasteiger partial charge on any atom is 0.316 e. The number of carbonyl (C=O) groups is 1. The molecule has 4 nitrogen and oxygen atoms in total. The SMILES string of the molecule is CCC(CC)(C(=O)OC)C1(C#N)OCc2ccccc21. The summed E-state index contributed by atoms with van der Waals surface area (Å²) in [4.78, 5) is 12.4. The van der Waals surface area contributed by atoms with Gasteiger partial charge in [-0.15, -0.1) is 0 Å². The molecule has 4 heteroatoms. The molecule has 1 aliphatic rings. The number of fused-ring (bicyclic) bond motifs is 1. The fourth-order valence-electron chi connectivity index (χ4n) is 3.22. The lowest BCUT2D eigenvalue weighted by molar-refractivity contribution is -0.175. The summed E-state index contributed by atoms with van der Waals surface area (Å²) in [6.07, 6.45) is 0.968. The van der Waals surface area contributed by atoms with Gasteiger partial charge in [0, 0.05) is 5.56 Å². The Kier molecular flexibility index (Phi) is 3.82. The average molecular weight is 273 g/mol. The van der Waals surface area contributed by atoms with Gasteiger partial charge in [0.2, 0.25) is 0 Å². The third kappa shape index (κ3) is 1.66. The average Bonchev–Trinajstić information content (AvgIpc) is 2.89. The third-order valence-corrected chi connectivity index (χ3v) is 4.46. The number of nitriles is 1. The van der Waals surface area contributed by atoms with Gasteiger partial charge < -0.3 is 9.47 Å². The molecule has 1 atom stereocenters. The first-order chi connectivity index (χ1) is 9.61. The lowest BCUT2D eigenvalue weighted by Gasteiger charge is -2.40. The highest BCUT2D eigenvalue weighted by Crippen LogP contribution is 2.53. The van der Waals surface area contributed by atoms with E-state index in [9.17, 15) is 10.1 Å². The Morgan fingerprint density at radius 2 is 2.10 bits per heavy atom. The second kappa shape index (κ2) is 5.26. The minimum Gasteiger partial charge on any atom is -0.468 e. The number of hydrogen-bond donors (Lipinski definition) is 0. The molecule has 0 aliphatic carbocycles. The van der Waals surface area contributed by atoms with Crippen LogP contribution < -0.4 is 0 Å². The molecule has 0 bridgehead atoms. The van der Waals surface area contributed by atoms with Crippen LogP contribution in [0.15, 0.2) is 24.3 Å². The fourth-order valence-corrected chi connectivity index (χ4v) is 3.22. The minimum atomic E-state index is -1.26. The number of hydrogen-bond acceptors (Lipinski definition) is 4. The van der Waals surface area contributed by atoms with Crippen molar-refractivity contribution in [3.63, 3.8) is 0 Å². The smallest absolute Gasteiger partial charge is 0.316 e. The monoisotopic (exact) mass is 273 g/mol. The molecular weight excluding hydrogens is 254 g/mol. The number of nitrogens with zero attached hydrogens (tertiary/aromatic N) is 1. The molecule has 1 unspecified atom stereocenters. The van der Waals surface area contributed by atoms with Crippen LogP contribution in [-0.2, 0) is 26.5 Å². The molecule has 20 heavy (non-hydrogen) atoms. The largest absolute Gasteiger partial charge is 0.468 e. The Hall–Kier alpha value is -1.86. The van der Waals surface area contributed by atoms with Crippen LogP contribution in [0, 0.1) is 16.7 Å². The van der Waals surface area contributed by atoms with E-state index in [-0.39, 0.29) is 5.97 Å². The molecule has 0 saturated heterocycles. The summed E-state index contributed by atoms with van der Waals surface area (Å²) in [5.74, 6) is -0.388. The molecule has 0 fully saturated rings. The lowest BCUT2D eigenvalue weighted by atomic mass is 9.65. The third-order valence-electron chi connectivity index (χ3n) is 4.46. The Balaban J connectivity index is 2.68. The molecule has 1 heterocycles. The molecule has 2 rings (SSSR count). The molecule has 1 aromatic carbocycles. The van der Waals surface area contributed by atoms with Crippen molar-refractivity contribution in [2.75, 3.05) is 7.11 Å². The maximum atomic E-state index is 12.4. The fraction of sp³-hybridized carbons (Fsp3) is 0.500. The zero-order valence-corrected chi connectivity index (χ0v) is 12.1. The number of carbonyl (C=O) groups excluding carboxylic acids is 1. The van der Waals surface area contributed by atoms with Crippen LogP contribution in [0.1, 0.15) is 37.8 Å². The first kappa shape index (κ1) is 14.5. The van der Waals surface area contributed by atoms with Gasteiger partial charge in [0.05, 0.1) is 13.7 Å². The molecule has 0 radical (unpaired) electrons. The van der Waals surface area contributed by atoms with Gasteiger partial charge in [-0.05, 0) is 18.4 Å². The number of methoxy groups -OCH3 is 1. The van der Waals surface area contributed by atoms with E-state index in [1.54, 1.807) is 0 Å². The van der Waals surface area contributed by atoms with E-state index in [1.807, 2.05) is 38.1 Å². The van der Waals surface area contributed by atoms with E-state index in [1.165, 1.54) is 7.11 Å². The Morgan fingerprint density at radius 1 is 1.45 bits per heavy atom. The normalized spacial score (nSPS) is 21.1. The summed E-state index contributed by atoms with van der Waals surface area (Å²) in [6, 6.07) is 9.85. The van der Waals surface area contributed by atoms with Gasteiger partial charge in [0.25, 0.3) is 0 Å². The molecule has 0 N–H and O–H groups in total. The zero-order valence-electron chi connectivity index (χ0n) is 12.1. The zero-order chi connectivity index (χ0) is 14.8.